The second-order valence-electron chi connectivity index (χ2n) is 5.91. The number of H-pyrrole nitrogens is 1. The second-order valence-corrected chi connectivity index (χ2v) is 5.91. The molecule has 0 unspecified atom stereocenters. The number of fused-ring (bicyclic) bond motifs is 1. The van der Waals surface area contributed by atoms with Gasteiger partial charge in [-0.3, -0.25) is 4.79 Å². The van der Waals surface area contributed by atoms with E-state index in [0.717, 1.165) is 33.6 Å². The fourth-order valence-corrected chi connectivity index (χ4v) is 3.10. The van der Waals surface area contributed by atoms with Crippen LogP contribution in [0.2, 0.25) is 0 Å². The summed E-state index contributed by atoms with van der Waals surface area (Å²) in [7, 11) is 1.63. The highest BCUT2D eigenvalue weighted by molar-refractivity contribution is 5.98. The molecule has 0 saturated carbocycles. The van der Waals surface area contributed by atoms with Crippen molar-refractivity contribution in [1.82, 2.24) is 14.5 Å². The number of carbonyl (C=O) groups is 1. The van der Waals surface area contributed by atoms with Crippen LogP contribution >= 0.6 is 0 Å². The first-order valence-electron chi connectivity index (χ1n) is 8.26. The van der Waals surface area contributed by atoms with Crippen molar-refractivity contribution in [3.05, 3.63) is 72.9 Å². The van der Waals surface area contributed by atoms with Crippen LogP contribution in [-0.4, -0.2) is 27.6 Å². The Hall–Kier alpha value is -3.54. The van der Waals surface area contributed by atoms with Crippen molar-refractivity contribution < 1.29 is 9.53 Å². The molecule has 0 bridgehead atoms. The van der Waals surface area contributed by atoms with Crippen molar-refractivity contribution in [1.29, 1.82) is 0 Å². The molecule has 0 aliphatic carbocycles. The number of methoxy groups -OCH3 is 1. The van der Waals surface area contributed by atoms with Crippen LogP contribution in [-0.2, 0) is 11.2 Å². The number of rotatable bonds is 5. The van der Waals surface area contributed by atoms with E-state index in [1.54, 1.807) is 19.6 Å². The molecule has 2 aromatic heterocycles. The van der Waals surface area contributed by atoms with Gasteiger partial charge in [0.2, 0.25) is 5.91 Å². The monoisotopic (exact) mass is 346 g/mol. The summed E-state index contributed by atoms with van der Waals surface area (Å²) < 4.78 is 7.30. The molecule has 6 heteroatoms. The Morgan fingerprint density at radius 3 is 2.92 bits per heavy atom. The van der Waals surface area contributed by atoms with Gasteiger partial charge in [-0.25, -0.2) is 4.98 Å². The lowest BCUT2D eigenvalue weighted by molar-refractivity contribution is -0.115. The van der Waals surface area contributed by atoms with E-state index in [4.69, 9.17) is 4.74 Å². The number of imidazole rings is 1. The van der Waals surface area contributed by atoms with Gasteiger partial charge in [-0.15, -0.1) is 0 Å². The first-order chi connectivity index (χ1) is 12.8. The quantitative estimate of drug-likeness (QED) is 0.580. The van der Waals surface area contributed by atoms with Crippen LogP contribution in [0.3, 0.4) is 0 Å². The first-order valence-corrected chi connectivity index (χ1v) is 8.26. The zero-order valence-corrected chi connectivity index (χ0v) is 14.3. The maximum Gasteiger partial charge on any atom is 0.228 e. The predicted molar refractivity (Wildman–Crippen MR) is 101 cm³/mol. The van der Waals surface area contributed by atoms with Crippen molar-refractivity contribution in [3.8, 4) is 11.4 Å². The van der Waals surface area contributed by atoms with Gasteiger partial charge in [0.05, 0.1) is 31.2 Å². The Morgan fingerprint density at radius 2 is 2.12 bits per heavy atom. The Labute approximate surface area is 150 Å². The van der Waals surface area contributed by atoms with E-state index < -0.39 is 0 Å². The standard InChI is InChI=1S/C20H18N4O2/c1-26-18-8-4-6-16-20(18)14(12-22-16)11-19(25)23-15-5-2-3-7-17(15)24-10-9-21-13-24/h2-10,12-13,22H,11H2,1H3,(H,23,25). The molecule has 6 nitrogen and oxygen atoms in total. The predicted octanol–water partition coefficient (Wildman–Crippen LogP) is 3.54. The zero-order valence-electron chi connectivity index (χ0n) is 14.3. The molecule has 0 aliphatic heterocycles. The van der Waals surface area contributed by atoms with Crippen LogP contribution in [0.5, 0.6) is 5.75 Å². The molecule has 26 heavy (non-hydrogen) atoms. The van der Waals surface area contributed by atoms with Crippen LogP contribution in [0.15, 0.2) is 67.4 Å². The molecular formula is C20H18N4O2. The summed E-state index contributed by atoms with van der Waals surface area (Å²) in [5.41, 5.74) is 3.46. The number of ether oxygens (including phenoxy) is 1. The van der Waals surface area contributed by atoms with Crippen molar-refractivity contribution >= 4 is 22.5 Å². The average molecular weight is 346 g/mol. The lowest BCUT2D eigenvalue weighted by Gasteiger charge is -2.11. The van der Waals surface area contributed by atoms with Gasteiger partial charge in [0, 0.05) is 29.5 Å². The summed E-state index contributed by atoms with van der Waals surface area (Å²) in [5.74, 6) is 0.662. The maximum absolute atomic E-state index is 12.7. The molecule has 4 rings (SSSR count). The molecule has 0 saturated heterocycles. The van der Waals surface area contributed by atoms with Gasteiger partial charge in [-0.2, -0.15) is 0 Å². The number of para-hydroxylation sites is 2. The van der Waals surface area contributed by atoms with Crippen molar-refractivity contribution in [3.63, 3.8) is 0 Å². The van der Waals surface area contributed by atoms with Crippen LogP contribution < -0.4 is 10.1 Å². The molecule has 0 spiro atoms. The van der Waals surface area contributed by atoms with E-state index in [1.807, 2.05) is 59.4 Å². The van der Waals surface area contributed by atoms with Gasteiger partial charge in [-0.05, 0) is 29.8 Å². The Balaban J connectivity index is 1.60. The first kappa shape index (κ1) is 16.0. The summed E-state index contributed by atoms with van der Waals surface area (Å²) >= 11 is 0. The van der Waals surface area contributed by atoms with Crippen molar-refractivity contribution in [2.24, 2.45) is 0 Å². The van der Waals surface area contributed by atoms with Gasteiger partial charge in [0.25, 0.3) is 0 Å². The highest BCUT2D eigenvalue weighted by atomic mass is 16.5. The van der Waals surface area contributed by atoms with E-state index in [1.165, 1.54) is 0 Å². The number of nitrogens with one attached hydrogen (secondary N) is 2. The fraction of sp³-hybridized carbons (Fsp3) is 0.100. The number of nitrogens with zero attached hydrogens (tertiary/aromatic N) is 2. The molecule has 2 N–H and O–H groups in total. The van der Waals surface area contributed by atoms with E-state index in [2.05, 4.69) is 15.3 Å². The maximum atomic E-state index is 12.7. The normalized spacial score (nSPS) is 10.8. The summed E-state index contributed by atoms with van der Waals surface area (Å²) in [6.07, 6.45) is 7.36. The molecule has 1 amide bonds. The Bertz CT molecular complexity index is 1050. The highest BCUT2D eigenvalue weighted by Gasteiger charge is 2.14. The molecule has 0 fully saturated rings. The Morgan fingerprint density at radius 1 is 1.23 bits per heavy atom. The van der Waals surface area contributed by atoms with Crippen LogP contribution in [0.25, 0.3) is 16.6 Å². The third-order valence-corrected chi connectivity index (χ3v) is 4.28. The average Bonchev–Trinajstić information content (AvgIpc) is 3.32. The second kappa shape index (κ2) is 6.76. The molecule has 0 radical (unpaired) electrons. The molecule has 0 atom stereocenters. The smallest absolute Gasteiger partial charge is 0.228 e. The number of carbonyl (C=O) groups excluding carboxylic acids is 1. The van der Waals surface area contributed by atoms with Gasteiger partial charge < -0.3 is 19.6 Å². The van der Waals surface area contributed by atoms with Crippen LogP contribution in [0.4, 0.5) is 5.69 Å². The minimum absolute atomic E-state index is 0.0932. The molecule has 0 aliphatic rings. The van der Waals surface area contributed by atoms with Crippen LogP contribution in [0, 0.1) is 0 Å². The number of hydrogen-bond donors (Lipinski definition) is 2. The van der Waals surface area contributed by atoms with E-state index in [9.17, 15) is 4.79 Å². The molecular weight excluding hydrogens is 328 g/mol. The zero-order chi connectivity index (χ0) is 17.9. The lowest BCUT2D eigenvalue weighted by atomic mass is 10.1. The van der Waals surface area contributed by atoms with E-state index in [0.29, 0.717) is 0 Å². The third kappa shape index (κ3) is 2.93. The highest BCUT2D eigenvalue weighted by Crippen LogP contribution is 2.29. The minimum atomic E-state index is -0.0932. The van der Waals surface area contributed by atoms with Gasteiger partial charge >= 0.3 is 0 Å². The minimum Gasteiger partial charge on any atom is -0.496 e. The number of amides is 1. The number of aromatic nitrogens is 3. The lowest BCUT2D eigenvalue weighted by Crippen LogP contribution is -2.15. The summed E-state index contributed by atoms with van der Waals surface area (Å²) in [4.78, 5) is 19.9. The van der Waals surface area contributed by atoms with Crippen molar-refractivity contribution in [2.75, 3.05) is 12.4 Å². The van der Waals surface area contributed by atoms with Crippen molar-refractivity contribution in [2.45, 2.75) is 6.42 Å². The Kier molecular flexibility index (Phi) is 4.15. The van der Waals surface area contributed by atoms with Gasteiger partial charge in [-0.1, -0.05) is 18.2 Å². The summed E-state index contributed by atoms with van der Waals surface area (Å²) in [6.45, 7) is 0. The summed E-state index contributed by atoms with van der Waals surface area (Å²) in [6, 6.07) is 13.4. The molecule has 2 heterocycles. The number of hydrogen-bond acceptors (Lipinski definition) is 3. The summed E-state index contributed by atoms with van der Waals surface area (Å²) in [5, 5.41) is 3.94. The number of aromatic amines is 1. The largest absolute Gasteiger partial charge is 0.496 e. The van der Waals surface area contributed by atoms with E-state index in [-0.39, 0.29) is 12.3 Å². The molecule has 4 aromatic rings. The molecule has 2 aromatic carbocycles. The number of anilines is 1. The van der Waals surface area contributed by atoms with Crippen LogP contribution in [0.1, 0.15) is 5.56 Å². The third-order valence-electron chi connectivity index (χ3n) is 4.28. The topological polar surface area (TPSA) is 71.9 Å². The number of benzene rings is 2. The van der Waals surface area contributed by atoms with Gasteiger partial charge in [0.1, 0.15) is 5.75 Å². The fourth-order valence-electron chi connectivity index (χ4n) is 3.10. The SMILES string of the molecule is COc1cccc2[nH]cc(CC(=O)Nc3ccccc3-n3ccnc3)c12. The van der Waals surface area contributed by atoms with Gasteiger partial charge in [0.15, 0.2) is 0 Å². The molecule has 130 valence electrons. The van der Waals surface area contributed by atoms with E-state index >= 15 is 0 Å².